The average Bonchev–Trinajstić information content (AvgIpc) is 3.15. The number of carbonyl (C=O) groups excluding carboxylic acids is 1. The Bertz CT molecular complexity index is 1000. The summed E-state index contributed by atoms with van der Waals surface area (Å²) in [5, 5.41) is 11.7. The summed E-state index contributed by atoms with van der Waals surface area (Å²) in [5.41, 5.74) is 5.70. The van der Waals surface area contributed by atoms with Crippen LogP contribution in [0.3, 0.4) is 0 Å². The first-order valence-electron chi connectivity index (χ1n) is 9.96. The fourth-order valence-electron chi connectivity index (χ4n) is 4.07. The van der Waals surface area contributed by atoms with E-state index in [1.54, 1.807) is 30.5 Å². The molecule has 4 rings (SSSR count). The summed E-state index contributed by atoms with van der Waals surface area (Å²) >= 11 is 5.96. The van der Waals surface area contributed by atoms with Crippen molar-refractivity contribution in [2.45, 2.75) is 32.6 Å². The average molecular weight is 445 g/mol. The number of rotatable bonds is 4. The Morgan fingerprint density at radius 1 is 1.10 bits per heavy atom. The molecule has 0 unspecified atom stereocenters. The summed E-state index contributed by atoms with van der Waals surface area (Å²) < 4.78 is 1.98. The highest BCUT2D eigenvalue weighted by molar-refractivity contribution is 6.30. The van der Waals surface area contributed by atoms with Crippen LogP contribution in [0.2, 0.25) is 5.02 Å². The standard InChI is InChI=1S/C23H25ClN4O.ClH/c1-15-4-3-5-16(2)21(15)28-22(17-10-12-25-13-11-17)20(14-26-28)23(29)27-19-8-6-18(24)7-9-19;/h3-9,14,17,25H,10-13H2,1-2H3,(H,27,29);1H. The minimum Gasteiger partial charge on any atom is -0.322 e. The van der Waals surface area contributed by atoms with E-state index in [-0.39, 0.29) is 24.2 Å². The van der Waals surface area contributed by atoms with Crippen LogP contribution >= 0.6 is 24.0 Å². The van der Waals surface area contributed by atoms with Gasteiger partial charge in [-0.15, -0.1) is 12.4 Å². The van der Waals surface area contributed by atoms with E-state index in [0.29, 0.717) is 10.6 Å². The molecule has 7 heteroatoms. The first-order chi connectivity index (χ1) is 14.0. The van der Waals surface area contributed by atoms with Gasteiger partial charge in [0.25, 0.3) is 5.91 Å². The number of piperidine rings is 1. The molecule has 1 aliphatic rings. The molecule has 30 heavy (non-hydrogen) atoms. The normalized spacial score (nSPS) is 14.2. The third-order valence-corrected chi connectivity index (χ3v) is 5.78. The summed E-state index contributed by atoms with van der Waals surface area (Å²) in [6.45, 7) is 6.06. The molecular weight excluding hydrogens is 419 g/mol. The van der Waals surface area contributed by atoms with Gasteiger partial charge in [0.2, 0.25) is 0 Å². The summed E-state index contributed by atoms with van der Waals surface area (Å²) in [4.78, 5) is 13.2. The van der Waals surface area contributed by atoms with Crippen molar-refractivity contribution in [3.05, 3.63) is 76.1 Å². The highest BCUT2D eigenvalue weighted by Crippen LogP contribution is 2.32. The van der Waals surface area contributed by atoms with Crippen molar-refractivity contribution in [1.29, 1.82) is 0 Å². The van der Waals surface area contributed by atoms with Crippen molar-refractivity contribution >= 4 is 35.6 Å². The number of hydrogen-bond acceptors (Lipinski definition) is 3. The van der Waals surface area contributed by atoms with Crippen molar-refractivity contribution in [1.82, 2.24) is 15.1 Å². The minimum absolute atomic E-state index is 0. The molecule has 0 saturated carbocycles. The molecule has 0 atom stereocenters. The Balaban J connectivity index is 0.00000256. The van der Waals surface area contributed by atoms with Crippen LogP contribution in [0, 0.1) is 13.8 Å². The van der Waals surface area contributed by atoms with E-state index in [9.17, 15) is 4.79 Å². The van der Waals surface area contributed by atoms with Gasteiger partial charge in [-0.05, 0) is 75.2 Å². The van der Waals surface area contributed by atoms with Gasteiger partial charge in [0.1, 0.15) is 0 Å². The highest BCUT2D eigenvalue weighted by atomic mass is 35.5. The van der Waals surface area contributed by atoms with Gasteiger partial charge in [0, 0.05) is 16.6 Å². The lowest BCUT2D eigenvalue weighted by molar-refractivity contribution is 0.102. The Morgan fingerprint density at radius 3 is 2.37 bits per heavy atom. The lowest BCUT2D eigenvalue weighted by Crippen LogP contribution is -2.29. The second-order valence-electron chi connectivity index (χ2n) is 7.58. The summed E-state index contributed by atoms with van der Waals surface area (Å²) in [5.74, 6) is 0.141. The minimum atomic E-state index is -0.140. The van der Waals surface area contributed by atoms with Crippen LogP contribution in [-0.2, 0) is 0 Å². The van der Waals surface area contributed by atoms with E-state index in [0.717, 1.165) is 54.1 Å². The molecule has 1 fully saturated rings. The van der Waals surface area contributed by atoms with Crippen LogP contribution in [0.15, 0.2) is 48.7 Å². The molecule has 3 aromatic rings. The topological polar surface area (TPSA) is 59.0 Å². The number of nitrogens with zero attached hydrogens (tertiary/aromatic N) is 2. The number of benzene rings is 2. The van der Waals surface area contributed by atoms with Crippen molar-refractivity contribution < 1.29 is 4.79 Å². The Morgan fingerprint density at radius 2 is 1.73 bits per heavy atom. The Hall–Kier alpha value is -2.34. The van der Waals surface area contributed by atoms with Gasteiger partial charge >= 0.3 is 0 Å². The molecule has 158 valence electrons. The second-order valence-corrected chi connectivity index (χ2v) is 8.02. The largest absolute Gasteiger partial charge is 0.322 e. The maximum atomic E-state index is 13.2. The molecule has 2 heterocycles. The number of anilines is 1. The number of aryl methyl sites for hydroxylation is 2. The van der Waals surface area contributed by atoms with Crippen molar-refractivity contribution in [2.75, 3.05) is 18.4 Å². The van der Waals surface area contributed by atoms with Crippen LogP contribution in [0.4, 0.5) is 5.69 Å². The summed E-state index contributed by atoms with van der Waals surface area (Å²) in [6, 6.07) is 13.4. The number of carbonyl (C=O) groups is 1. The van der Waals surface area contributed by atoms with Gasteiger partial charge in [-0.25, -0.2) is 4.68 Å². The zero-order valence-corrected chi connectivity index (χ0v) is 18.7. The van der Waals surface area contributed by atoms with Crippen LogP contribution < -0.4 is 10.6 Å². The van der Waals surface area contributed by atoms with Gasteiger partial charge in [-0.2, -0.15) is 5.10 Å². The van der Waals surface area contributed by atoms with Gasteiger partial charge in [-0.1, -0.05) is 29.8 Å². The molecule has 0 bridgehead atoms. The molecule has 0 aliphatic carbocycles. The summed E-state index contributed by atoms with van der Waals surface area (Å²) in [6.07, 6.45) is 3.67. The first kappa shape index (κ1) is 22.3. The Labute approximate surface area is 188 Å². The van der Waals surface area contributed by atoms with E-state index in [2.05, 4.69) is 47.8 Å². The lowest BCUT2D eigenvalue weighted by Gasteiger charge is -2.25. The van der Waals surface area contributed by atoms with Crippen molar-refractivity contribution in [3.63, 3.8) is 0 Å². The zero-order chi connectivity index (χ0) is 20.4. The molecule has 1 aliphatic heterocycles. The van der Waals surface area contributed by atoms with Crippen molar-refractivity contribution in [3.8, 4) is 5.69 Å². The molecule has 2 N–H and O–H groups in total. The monoisotopic (exact) mass is 444 g/mol. The number of aromatic nitrogens is 2. The molecule has 1 aromatic heterocycles. The van der Waals surface area contributed by atoms with E-state index in [1.807, 2.05) is 4.68 Å². The van der Waals surface area contributed by atoms with Crippen LogP contribution in [0.5, 0.6) is 0 Å². The molecule has 0 spiro atoms. The third-order valence-electron chi connectivity index (χ3n) is 5.53. The van der Waals surface area contributed by atoms with Gasteiger partial charge in [0.05, 0.1) is 23.1 Å². The van der Waals surface area contributed by atoms with E-state index >= 15 is 0 Å². The maximum Gasteiger partial charge on any atom is 0.259 e. The van der Waals surface area contributed by atoms with Crippen molar-refractivity contribution in [2.24, 2.45) is 0 Å². The number of para-hydroxylation sites is 1. The number of amides is 1. The molecule has 2 aromatic carbocycles. The second kappa shape index (κ2) is 9.65. The molecular formula is C23H26Cl2N4O. The number of hydrogen-bond donors (Lipinski definition) is 2. The number of halogens is 2. The third kappa shape index (κ3) is 4.53. The first-order valence-corrected chi connectivity index (χ1v) is 10.3. The molecule has 0 radical (unpaired) electrons. The van der Waals surface area contributed by atoms with E-state index in [1.165, 1.54) is 0 Å². The number of nitrogens with one attached hydrogen (secondary N) is 2. The highest BCUT2D eigenvalue weighted by Gasteiger charge is 2.28. The van der Waals surface area contributed by atoms with Gasteiger partial charge < -0.3 is 10.6 Å². The Kier molecular flexibility index (Phi) is 7.19. The fourth-order valence-corrected chi connectivity index (χ4v) is 4.20. The predicted octanol–water partition coefficient (Wildman–Crippen LogP) is 5.28. The fraction of sp³-hybridized carbons (Fsp3) is 0.304. The van der Waals surface area contributed by atoms with Gasteiger partial charge in [0.15, 0.2) is 0 Å². The lowest BCUT2D eigenvalue weighted by atomic mass is 9.91. The smallest absolute Gasteiger partial charge is 0.259 e. The van der Waals surface area contributed by atoms with E-state index < -0.39 is 0 Å². The SMILES string of the molecule is Cc1cccc(C)c1-n1ncc(C(=O)Nc2ccc(Cl)cc2)c1C1CCNCC1.Cl. The molecule has 5 nitrogen and oxygen atoms in total. The van der Waals surface area contributed by atoms with Crippen LogP contribution in [0.25, 0.3) is 5.69 Å². The van der Waals surface area contributed by atoms with Crippen LogP contribution in [0.1, 0.15) is 45.9 Å². The van der Waals surface area contributed by atoms with E-state index in [4.69, 9.17) is 11.6 Å². The zero-order valence-electron chi connectivity index (χ0n) is 17.1. The van der Waals surface area contributed by atoms with Gasteiger partial charge in [-0.3, -0.25) is 4.79 Å². The molecule has 1 saturated heterocycles. The maximum absolute atomic E-state index is 13.2. The predicted molar refractivity (Wildman–Crippen MR) is 125 cm³/mol. The molecule has 1 amide bonds. The van der Waals surface area contributed by atoms with Crippen LogP contribution in [-0.4, -0.2) is 28.8 Å². The summed E-state index contributed by atoms with van der Waals surface area (Å²) in [7, 11) is 0. The quantitative estimate of drug-likeness (QED) is 0.574.